The van der Waals surface area contributed by atoms with E-state index in [2.05, 4.69) is 37.5 Å². The summed E-state index contributed by atoms with van der Waals surface area (Å²) in [4.78, 5) is 14.5. The van der Waals surface area contributed by atoms with Gasteiger partial charge in [0.2, 0.25) is 0 Å². The summed E-state index contributed by atoms with van der Waals surface area (Å²) in [5, 5.41) is 1.23. The van der Waals surface area contributed by atoms with Gasteiger partial charge in [-0.15, -0.1) is 5.73 Å². The van der Waals surface area contributed by atoms with Crippen molar-refractivity contribution in [1.82, 2.24) is 4.90 Å². The molecule has 0 N–H and O–H groups in total. The van der Waals surface area contributed by atoms with Gasteiger partial charge in [0.1, 0.15) is 11.3 Å². The Morgan fingerprint density at radius 3 is 2.37 bits per heavy atom. The number of hydrogen-bond donors (Lipinski definition) is 0. The molecule has 0 spiro atoms. The number of nitrogens with zero attached hydrogens (tertiary/aromatic N) is 1. The molecule has 0 saturated carbocycles. The fourth-order valence-electron chi connectivity index (χ4n) is 3.14. The Labute approximate surface area is 164 Å². The van der Waals surface area contributed by atoms with Crippen LogP contribution >= 0.6 is 0 Å². The maximum atomic E-state index is 12.8. The van der Waals surface area contributed by atoms with Crippen molar-refractivity contribution in [2.45, 2.75) is 71.6 Å². The lowest BCUT2D eigenvalue weighted by molar-refractivity contribution is -0.0610. The maximum absolute atomic E-state index is 12.8. The summed E-state index contributed by atoms with van der Waals surface area (Å²) in [6, 6.07) is 10.2. The predicted molar refractivity (Wildman–Crippen MR) is 113 cm³/mol. The van der Waals surface area contributed by atoms with Crippen molar-refractivity contribution >= 4 is 19.4 Å². The minimum Gasteiger partial charge on any atom is -0.444 e. The third-order valence-corrected chi connectivity index (χ3v) is 6.27. The average molecular weight is 388 g/mol. The zero-order chi connectivity index (χ0) is 20.5. The second kappa shape index (κ2) is 7.67. The van der Waals surface area contributed by atoms with E-state index >= 15 is 0 Å². The number of carbonyl (C=O) groups excluding carboxylic acids is 1. The summed E-state index contributed by atoms with van der Waals surface area (Å²) in [5.74, 6) is 0. The van der Waals surface area contributed by atoms with Crippen LogP contribution in [0.15, 0.2) is 42.1 Å². The Kier molecular flexibility index (Phi) is 6.10. The first-order valence-electron chi connectivity index (χ1n) is 9.50. The molecule has 1 atom stereocenters. The number of benzene rings is 1. The molecule has 1 aromatic rings. The Morgan fingerprint density at radius 2 is 1.85 bits per heavy atom. The minimum atomic E-state index is -1.62. The summed E-state index contributed by atoms with van der Waals surface area (Å²) < 4.78 is 11.5. The smallest absolute Gasteiger partial charge is 0.413 e. The van der Waals surface area contributed by atoms with Crippen molar-refractivity contribution in [3.63, 3.8) is 0 Å². The molecule has 148 valence electrons. The lowest BCUT2D eigenvalue weighted by atomic mass is 10.2. The number of hydrogen-bond acceptors (Lipinski definition) is 3. The van der Waals surface area contributed by atoms with Crippen molar-refractivity contribution in [3.8, 4) is 0 Å². The maximum Gasteiger partial charge on any atom is 0.413 e. The molecule has 4 nitrogen and oxygen atoms in total. The van der Waals surface area contributed by atoms with E-state index in [0.717, 1.165) is 0 Å². The first-order chi connectivity index (χ1) is 12.3. The molecule has 0 unspecified atom stereocenters. The molecular weight excluding hydrogens is 354 g/mol. The molecule has 1 saturated heterocycles. The minimum absolute atomic E-state index is 0.204. The van der Waals surface area contributed by atoms with Crippen LogP contribution in [0.5, 0.6) is 0 Å². The van der Waals surface area contributed by atoms with Crippen LogP contribution in [0, 0.1) is 0 Å². The molecule has 0 aromatic heterocycles. The van der Waals surface area contributed by atoms with Crippen LogP contribution < -0.4 is 0 Å². The Balaban J connectivity index is 2.42. The van der Waals surface area contributed by atoms with Crippen LogP contribution in [0.3, 0.4) is 0 Å². The highest BCUT2D eigenvalue weighted by molar-refractivity contribution is 6.93. The molecule has 1 aliphatic heterocycles. The van der Waals surface area contributed by atoms with E-state index in [1.807, 2.05) is 58.9 Å². The number of amides is 1. The summed E-state index contributed by atoms with van der Waals surface area (Å²) in [6.45, 7) is 16.8. The molecule has 1 aromatic carbocycles. The molecule has 1 amide bonds. The van der Waals surface area contributed by atoms with E-state index in [0.29, 0.717) is 6.61 Å². The predicted octanol–water partition coefficient (Wildman–Crippen LogP) is 5.47. The summed E-state index contributed by atoms with van der Waals surface area (Å²) in [6.07, 6.45) is 1.61. The quantitative estimate of drug-likeness (QED) is 0.509. The van der Waals surface area contributed by atoms with Crippen molar-refractivity contribution in [1.29, 1.82) is 0 Å². The Bertz CT molecular complexity index is 735. The molecule has 0 bridgehead atoms. The molecule has 0 aliphatic carbocycles. The SMILES string of the molecule is CC(C)(C)OC(=O)N1[C@@H](C=C=C(c2ccccc2)[Si](C)(C)C)COC1(C)C. The van der Waals surface area contributed by atoms with E-state index < -0.39 is 19.4 Å². The fourth-order valence-corrected chi connectivity index (χ4v) is 4.69. The van der Waals surface area contributed by atoms with Crippen molar-refractivity contribution < 1.29 is 14.3 Å². The van der Waals surface area contributed by atoms with Crippen LogP contribution in [-0.2, 0) is 9.47 Å². The second-order valence-electron chi connectivity index (χ2n) is 9.48. The number of rotatable bonds is 3. The summed E-state index contributed by atoms with van der Waals surface area (Å²) in [5.41, 5.74) is 3.46. The largest absolute Gasteiger partial charge is 0.444 e. The Morgan fingerprint density at radius 1 is 1.26 bits per heavy atom. The van der Waals surface area contributed by atoms with Crippen LogP contribution in [0.4, 0.5) is 4.79 Å². The van der Waals surface area contributed by atoms with Gasteiger partial charge in [-0.3, -0.25) is 4.90 Å². The van der Waals surface area contributed by atoms with E-state index in [1.54, 1.807) is 4.90 Å². The van der Waals surface area contributed by atoms with Gasteiger partial charge in [0.05, 0.1) is 20.7 Å². The third-order valence-electron chi connectivity index (χ3n) is 4.34. The monoisotopic (exact) mass is 387 g/mol. The number of carbonyl (C=O) groups is 1. The van der Waals surface area contributed by atoms with Gasteiger partial charge in [0, 0.05) is 0 Å². The zero-order valence-corrected chi connectivity index (χ0v) is 18.9. The van der Waals surface area contributed by atoms with Gasteiger partial charge in [-0.05, 0) is 51.5 Å². The van der Waals surface area contributed by atoms with Crippen LogP contribution in [-0.4, -0.2) is 43.0 Å². The molecule has 2 rings (SSSR count). The fraction of sp³-hybridized carbons (Fsp3) is 0.545. The van der Waals surface area contributed by atoms with Gasteiger partial charge < -0.3 is 9.47 Å². The highest BCUT2D eigenvalue weighted by atomic mass is 28.3. The van der Waals surface area contributed by atoms with Crippen LogP contribution in [0.2, 0.25) is 19.6 Å². The first-order valence-corrected chi connectivity index (χ1v) is 13.0. The standard InChI is InChI=1S/C22H33NO3Si/c1-21(2,3)26-20(24)23-18(16-25-22(23,4)5)14-15-19(27(6,7)8)17-12-10-9-11-13-17/h9-14,18H,16H2,1-8H3/t15?,18-/m0/s1. The molecule has 5 heteroatoms. The first kappa shape index (κ1) is 21.5. The van der Waals surface area contributed by atoms with Gasteiger partial charge in [-0.2, -0.15) is 0 Å². The molecule has 0 radical (unpaired) electrons. The van der Waals surface area contributed by atoms with Gasteiger partial charge >= 0.3 is 6.09 Å². The molecule has 1 aliphatic rings. The second-order valence-corrected chi connectivity index (χ2v) is 14.5. The van der Waals surface area contributed by atoms with Gasteiger partial charge in [-0.1, -0.05) is 50.0 Å². The number of ether oxygens (including phenoxy) is 2. The van der Waals surface area contributed by atoms with Crippen LogP contribution in [0.1, 0.15) is 40.2 Å². The Hall–Kier alpha value is -1.81. The highest BCUT2D eigenvalue weighted by Gasteiger charge is 2.44. The van der Waals surface area contributed by atoms with E-state index in [4.69, 9.17) is 9.47 Å². The summed E-state index contributed by atoms with van der Waals surface area (Å²) in [7, 11) is -1.62. The van der Waals surface area contributed by atoms with Gasteiger partial charge in [-0.25, -0.2) is 4.79 Å². The average Bonchev–Trinajstić information content (AvgIpc) is 2.80. The topological polar surface area (TPSA) is 38.8 Å². The normalized spacial score (nSPS) is 19.4. The molecule has 27 heavy (non-hydrogen) atoms. The van der Waals surface area contributed by atoms with E-state index in [1.165, 1.54) is 10.8 Å². The van der Waals surface area contributed by atoms with Crippen molar-refractivity contribution in [2.75, 3.05) is 6.61 Å². The lowest BCUT2D eigenvalue weighted by Gasteiger charge is -2.34. The van der Waals surface area contributed by atoms with E-state index in [-0.39, 0.29) is 12.1 Å². The lowest BCUT2D eigenvalue weighted by Crippen LogP contribution is -2.49. The summed E-state index contributed by atoms with van der Waals surface area (Å²) >= 11 is 0. The zero-order valence-electron chi connectivity index (χ0n) is 17.9. The third kappa shape index (κ3) is 5.58. The molecular formula is C22H33NO3Si. The van der Waals surface area contributed by atoms with Gasteiger partial charge in [0.25, 0.3) is 0 Å². The van der Waals surface area contributed by atoms with Crippen LogP contribution in [0.25, 0.3) is 5.20 Å². The van der Waals surface area contributed by atoms with Crippen molar-refractivity contribution in [2.24, 2.45) is 0 Å². The van der Waals surface area contributed by atoms with Gasteiger partial charge in [0.15, 0.2) is 0 Å². The molecule has 1 fully saturated rings. The van der Waals surface area contributed by atoms with Crippen molar-refractivity contribution in [3.05, 3.63) is 47.7 Å². The van der Waals surface area contributed by atoms with E-state index in [9.17, 15) is 4.79 Å². The molecule has 1 heterocycles. The highest BCUT2D eigenvalue weighted by Crippen LogP contribution is 2.31.